The predicted octanol–water partition coefficient (Wildman–Crippen LogP) is 2.24. The second kappa shape index (κ2) is 3.59. The van der Waals surface area contributed by atoms with Gasteiger partial charge < -0.3 is 10.3 Å². The molecule has 2 heterocycles. The molecule has 0 fully saturated rings. The smallest absolute Gasteiger partial charge is 0.166 e. The van der Waals surface area contributed by atoms with E-state index in [2.05, 4.69) is 30.7 Å². The molecule has 0 saturated heterocycles. The number of nitrogens with two attached hydrogens (primary N) is 1. The van der Waals surface area contributed by atoms with Gasteiger partial charge in [-0.15, -0.1) is 10.2 Å². The summed E-state index contributed by atoms with van der Waals surface area (Å²) in [7, 11) is 0. The number of rotatable bonds is 1. The molecular weight excluding hydrogens is 268 g/mol. The van der Waals surface area contributed by atoms with E-state index in [1.165, 1.54) is 0 Å². The average Bonchev–Trinajstić information content (AvgIpc) is 2.80. The molecule has 0 amide bonds. The van der Waals surface area contributed by atoms with Crippen molar-refractivity contribution in [1.29, 1.82) is 0 Å². The molecule has 82 valence electrons. The number of anilines is 1. The number of fused-ring (bicyclic) bond motifs is 1. The van der Waals surface area contributed by atoms with Gasteiger partial charge in [0.25, 0.3) is 0 Å². The molecule has 0 aliphatic carbocycles. The van der Waals surface area contributed by atoms with Crippen molar-refractivity contribution in [2.24, 2.45) is 0 Å². The van der Waals surface area contributed by atoms with Crippen molar-refractivity contribution in [2.45, 2.75) is 19.4 Å². The van der Waals surface area contributed by atoms with Crippen LogP contribution >= 0.6 is 15.9 Å². The van der Waals surface area contributed by atoms with Crippen LogP contribution < -0.4 is 5.73 Å². The molecule has 1 aliphatic heterocycles. The number of aryl methyl sites for hydroxylation is 1. The van der Waals surface area contributed by atoms with Crippen molar-refractivity contribution >= 4 is 21.6 Å². The van der Waals surface area contributed by atoms with Gasteiger partial charge in [-0.3, -0.25) is 0 Å². The molecule has 2 N–H and O–H groups in total. The molecule has 1 aromatic heterocycles. The summed E-state index contributed by atoms with van der Waals surface area (Å²) in [4.78, 5) is 0. The van der Waals surface area contributed by atoms with Crippen molar-refractivity contribution < 1.29 is 0 Å². The molecule has 1 aromatic carbocycles. The predicted molar refractivity (Wildman–Crippen MR) is 65.9 cm³/mol. The monoisotopic (exact) mass is 278 g/mol. The van der Waals surface area contributed by atoms with Crippen LogP contribution in [0.3, 0.4) is 0 Å². The molecule has 1 aliphatic rings. The first-order valence-electron chi connectivity index (χ1n) is 5.23. The minimum Gasteiger partial charge on any atom is -0.398 e. The Hall–Kier alpha value is -1.36. The van der Waals surface area contributed by atoms with Crippen molar-refractivity contribution in [3.63, 3.8) is 0 Å². The van der Waals surface area contributed by atoms with Gasteiger partial charge >= 0.3 is 0 Å². The third-order valence-electron chi connectivity index (χ3n) is 2.86. The molecule has 0 spiro atoms. The first kappa shape index (κ1) is 9.84. The second-order valence-corrected chi connectivity index (χ2v) is 4.84. The third kappa shape index (κ3) is 1.43. The van der Waals surface area contributed by atoms with Gasteiger partial charge in [0.05, 0.1) is 0 Å². The number of benzene rings is 1. The van der Waals surface area contributed by atoms with Gasteiger partial charge in [0.2, 0.25) is 0 Å². The topological polar surface area (TPSA) is 56.7 Å². The second-order valence-electron chi connectivity index (χ2n) is 3.93. The Morgan fingerprint density at radius 2 is 2.19 bits per heavy atom. The highest BCUT2D eigenvalue weighted by Gasteiger charge is 2.19. The standard InChI is InChI=1S/C11H11BrN4/c12-7-3-4-8(9(13)6-7)11-15-14-10-2-1-5-16(10)11/h3-4,6H,1-2,5,13H2. The van der Waals surface area contributed by atoms with Crippen LogP contribution in [0.5, 0.6) is 0 Å². The van der Waals surface area contributed by atoms with Crippen LogP contribution in [-0.2, 0) is 13.0 Å². The zero-order valence-corrected chi connectivity index (χ0v) is 10.2. The van der Waals surface area contributed by atoms with E-state index in [1.807, 2.05) is 18.2 Å². The van der Waals surface area contributed by atoms with Crippen LogP contribution in [0.25, 0.3) is 11.4 Å². The summed E-state index contributed by atoms with van der Waals surface area (Å²) in [5, 5.41) is 8.40. The highest BCUT2D eigenvalue weighted by atomic mass is 79.9. The van der Waals surface area contributed by atoms with E-state index in [-0.39, 0.29) is 0 Å². The van der Waals surface area contributed by atoms with E-state index in [0.29, 0.717) is 0 Å². The molecule has 5 heteroatoms. The summed E-state index contributed by atoms with van der Waals surface area (Å²) >= 11 is 3.40. The Morgan fingerprint density at radius 1 is 1.31 bits per heavy atom. The summed E-state index contributed by atoms with van der Waals surface area (Å²) in [6.45, 7) is 0.993. The van der Waals surface area contributed by atoms with E-state index >= 15 is 0 Å². The average molecular weight is 279 g/mol. The number of hydrogen-bond donors (Lipinski definition) is 1. The van der Waals surface area contributed by atoms with Crippen molar-refractivity contribution in [2.75, 3.05) is 5.73 Å². The Morgan fingerprint density at radius 3 is 3.00 bits per heavy atom. The van der Waals surface area contributed by atoms with Crippen molar-refractivity contribution in [3.05, 3.63) is 28.5 Å². The Kier molecular flexibility index (Phi) is 2.21. The molecule has 0 unspecified atom stereocenters. The first-order chi connectivity index (χ1) is 7.75. The molecule has 0 bridgehead atoms. The molecule has 4 nitrogen and oxygen atoms in total. The Labute approximate surface area is 102 Å². The van der Waals surface area contributed by atoms with E-state index in [4.69, 9.17) is 5.73 Å². The molecule has 2 aromatic rings. The highest BCUT2D eigenvalue weighted by Crippen LogP contribution is 2.29. The third-order valence-corrected chi connectivity index (χ3v) is 3.36. The maximum Gasteiger partial charge on any atom is 0.166 e. The van der Waals surface area contributed by atoms with Crippen LogP contribution in [0.15, 0.2) is 22.7 Å². The zero-order valence-electron chi connectivity index (χ0n) is 8.65. The minimum atomic E-state index is 0.733. The Bertz CT molecular complexity index is 547. The minimum absolute atomic E-state index is 0.733. The van der Waals surface area contributed by atoms with E-state index in [1.54, 1.807) is 0 Å². The van der Waals surface area contributed by atoms with Crippen LogP contribution in [0.4, 0.5) is 5.69 Å². The van der Waals surface area contributed by atoms with Gasteiger partial charge in [0.15, 0.2) is 5.82 Å². The first-order valence-corrected chi connectivity index (χ1v) is 6.02. The lowest BCUT2D eigenvalue weighted by atomic mass is 10.1. The van der Waals surface area contributed by atoms with Gasteiger partial charge in [0.1, 0.15) is 5.82 Å². The lowest BCUT2D eigenvalue weighted by Crippen LogP contribution is -1.99. The van der Waals surface area contributed by atoms with Crippen LogP contribution in [0.2, 0.25) is 0 Å². The number of nitrogen functional groups attached to an aromatic ring is 1. The Balaban J connectivity index is 2.15. The summed E-state index contributed by atoms with van der Waals surface area (Å²) < 4.78 is 3.13. The fourth-order valence-corrected chi connectivity index (χ4v) is 2.47. The molecule has 16 heavy (non-hydrogen) atoms. The van der Waals surface area contributed by atoms with E-state index in [0.717, 1.165) is 46.8 Å². The molecular formula is C11H11BrN4. The van der Waals surface area contributed by atoms with Crippen LogP contribution in [0, 0.1) is 0 Å². The SMILES string of the molecule is Nc1cc(Br)ccc1-c1nnc2n1CCC2. The largest absolute Gasteiger partial charge is 0.398 e. The maximum atomic E-state index is 6.00. The lowest BCUT2D eigenvalue weighted by molar-refractivity contribution is 0.749. The molecule has 0 saturated carbocycles. The molecule has 0 atom stereocenters. The fraction of sp³-hybridized carbons (Fsp3) is 0.273. The van der Waals surface area contributed by atoms with Gasteiger partial charge in [-0.05, 0) is 24.6 Å². The van der Waals surface area contributed by atoms with Gasteiger partial charge in [0, 0.05) is 28.7 Å². The summed E-state index contributed by atoms with van der Waals surface area (Å²) in [5.74, 6) is 1.95. The summed E-state index contributed by atoms with van der Waals surface area (Å²) in [6, 6.07) is 5.85. The number of hydrogen-bond acceptors (Lipinski definition) is 3. The highest BCUT2D eigenvalue weighted by molar-refractivity contribution is 9.10. The van der Waals surface area contributed by atoms with E-state index < -0.39 is 0 Å². The summed E-state index contributed by atoms with van der Waals surface area (Å²) in [6.07, 6.45) is 2.16. The molecule has 3 rings (SSSR count). The van der Waals surface area contributed by atoms with Gasteiger partial charge in [-0.25, -0.2) is 0 Å². The number of halogens is 1. The number of nitrogens with zero attached hydrogens (tertiary/aromatic N) is 3. The number of aromatic nitrogens is 3. The zero-order chi connectivity index (χ0) is 11.1. The van der Waals surface area contributed by atoms with Crippen LogP contribution in [-0.4, -0.2) is 14.8 Å². The summed E-state index contributed by atoms with van der Waals surface area (Å²) in [5.41, 5.74) is 7.69. The van der Waals surface area contributed by atoms with E-state index in [9.17, 15) is 0 Å². The molecule has 0 radical (unpaired) electrons. The van der Waals surface area contributed by atoms with Crippen molar-refractivity contribution in [3.8, 4) is 11.4 Å². The fourth-order valence-electron chi connectivity index (χ4n) is 2.09. The maximum absolute atomic E-state index is 6.00. The van der Waals surface area contributed by atoms with Crippen molar-refractivity contribution in [1.82, 2.24) is 14.8 Å². The van der Waals surface area contributed by atoms with Gasteiger partial charge in [-0.2, -0.15) is 0 Å². The van der Waals surface area contributed by atoms with Crippen LogP contribution in [0.1, 0.15) is 12.2 Å². The lowest BCUT2D eigenvalue weighted by Gasteiger charge is -2.06. The normalized spacial score (nSPS) is 14.1. The van der Waals surface area contributed by atoms with Gasteiger partial charge in [-0.1, -0.05) is 15.9 Å². The quantitative estimate of drug-likeness (QED) is 0.814.